The molecule has 0 fully saturated rings. The molecule has 0 radical (unpaired) electrons. The molecular formula is C19H16ClFN2O6. The number of hydrogen-bond acceptors (Lipinski definition) is 7. The first-order valence-electron chi connectivity index (χ1n) is 8.39. The first kappa shape index (κ1) is 20.4. The topological polar surface area (TPSA) is 95.5 Å². The lowest BCUT2D eigenvalue weighted by Crippen LogP contribution is -2.23. The van der Waals surface area contributed by atoms with Gasteiger partial charge in [0.15, 0.2) is 18.1 Å². The summed E-state index contributed by atoms with van der Waals surface area (Å²) >= 11 is 5.74. The summed E-state index contributed by atoms with van der Waals surface area (Å²) in [5, 5.41) is 6.34. The largest absolute Gasteiger partial charge is 0.454 e. The number of esters is 1. The summed E-state index contributed by atoms with van der Waals surface area (Å²) in [5.74, 6) is -0.958. The van der Waals surface area contributed by atoms with Crippen LogP contribution in [-0.4, -0.2) is 37.6 Å². The summed E-state index contributed by atoms with van der Waals surface area (Å²) in [7, 11) is 0. The molecule has 0 bridgehead atoms. The second-order valence-electron chi connectivity index (χ2n) is 5.85. The number of benzene rings is 2. The first-order valence-corrected chi connectivity index (χ1v) is 8.77. The maximum atomic E-state index is 13.6. The second kappa shape index (κ2) is 9.24. The van der Waals surface area contributed by atoms with E-state index in [1.807, 2.05) is 0 Å². The highest BCUT2D eigenvalue weighted by Crippen LogP contribution is 2.32. The molecular weight excluding hydrogens is 407 g/mol. The first-order chi connectivity index (χ1) is 13.9. The molecule has 29 heavy (non-hydrogen) atoms. The molecule has 0 aliphatic carbocycles. The number of hydrogen-bond donors (Lipinski definition) is 1. The molecule has 1 aliphatic heterocycles. The second-order valence-corrected chi connectivity index (χ2v) is 6.29. The molecule has 0 saturated carbocycles. The third-order valence-corrected chi connectivity index (χ3v) is 3.98. The maximum Gasteiger partial charge on any atom is 0.347 e. The van der Waals surface area contributed by atoms with Crippen molar-refractivity contribution in [3.8, 4) is 11.5 Å². The number of oxime groups is 1. The maximum absolute atomic E-state index is 13.6. The Kier molecular flexibility index (Phi) is 6.50. The normalized spacial score (nSPS) is 12.4. The van der Waals surface area contributed by atoms with Crippen LogP contribution in [0.2, 0.25) is 5.02 Å². The Morgan fingerprint density at radius 3 is 2.79 bits per heavy atom. The van der Waals surface area contributed by atoms with E-state index < -0.39 is 30.9 Å². The summed E-state index contributed by atoms with van der Waals surface area (Å²) in [6, 6.07) is 8.95. The van der Waals surface area contributed by atoms with E-state index in [1.54, 1.807) is 25.1 Å². The zero-order chi connectivity index (χ0) is 20.8. The van der Waals surface area contributed by atoms with Gasteiger partial charge in [0.25, 0.3) is 5.91 Å². The van der Waals surface area contributed by atoms with Gasteiger partial charge in [-0.25, -0.2) is 9.18 Å². The van der Waals surface area contributed by atoms with Crippen LogP contribution in [0, 0.1) is 5.82 Å². The molecule has 1 N–H and O–H groups in total. The fourth-order valence-electron chi connectivity index (χ4n) is 2.32. The number of nitrogens with zero attached hydrogens (tertiary/aromatic N) is 1. The molecule has 3 rings (SSSR count). The minimum Gasteiger partial charge on any atom is -0.454 e. The van der Waals surface area contributed by atoms with E-state index in [2.05, 4.69) is 10.5 Å². The van der Waals surface area contributed by atoms with Gasteiger partial charge in [0.05, 0.1) is 11.4 Å². The zero-order valence-electron chi connectivity index (χ0n) is 15.2. The molecule has 0 unspecified atom stereocenters. The molecule has 0 spiro atoms. The molecule has 0 saturated heterocycles. The van der Waals surface area contributed by atoms with Gasteiger partial charge in [-0.2, -0.15) is 0 Å². The van der Waals surface area contributed by atoms with Crippen molar-refractivity contribution in [2.75, 3.05) is 25.3 Å². The highest BCUT2D eigenvalue weighted by atomic mass is 35.5. The molecule has 0 aromatic heterocycles. The Labute approximate surface area is 170 Å². The van der Waals surface area contributed by atoms with Gasteiger partial charge < -0.3 is 24.4 Å². The molecule has 1 heterocycles. The van der Waals surface area contributed by atoms with Crippen molar-refractivity contribution in [2.45, 2.75) is 6.92 Å². The smallest absolute Gasteiger partial charge is 0.347 e. The average molecular weight is 423 g/mol. The van der Waals surface area contributed by atoms with Gasteiger partial charge in [0.2, 0.25) is 13.4 Å². The van der Waals surface area contributed by atoms with Crippen molar-refractivity contribution in [3.63, 3.8) is 0 Å². The summed E-state index contributed by atoms with van der Waals surface area (Å²) in [6.07, 6.45) is 0. The van der Waals surface area contributed by atoms with Crippen LogP contribution < -0.4 is 14.8 Å². The Balaban J connectivity index is 1.43. The lowest BCUT2D eigenvalue weighted by atomic mass is 10.1. The minimum atomic E-state index is -0.811. The standard InChI is InChI=1S/C19H16ClFN2O6/c1-11(12-2-5-16-17(6-12)28-10-27-16)23-29-9-19(25)26-8-18(24)22-15-7-13(20)3-4-14(15)21/h2-7H,8-10H2,1H3,(H,22,24)/b23-11+. The Morgan fingerprint density at radius 1 is 1.17 bits per heavy atom. The minimum absolute atomic E-state index is 0.112. The van der Waals surface area contributed by atoms with E-state index in [0.717, 1.165) is 11.6 Å². The van der Waals surface area contributed by atoms with Crippen LogP contribution in [0.4, 0.5) is 10.1 Å². The van der Waals surface area contributed by atoms with Crippen LogP contribution in [0.15, 0.2) is 41.6 Å². The third-order valence-electron chi connectivity index (χ3n) is 3.74. The van der Waals surface area contributed by atoms with Gasteiger partial charge >= 0.3 is 5.97 Å². The van der Waals surface area contributed by atoms with Crippen molar-refractivity contribution >= 4 is 34.9 Å². The van der Waals surface area contributed by atoms with E-state index in [9.17, 15) is 14.0 Å². The predicted molar refractivity (Wildman–Crippen MR) is 102 cm³/mol. The van der Waals surface area contributed by atoms with E-state index in [1.165, 1.54) is 12.1 Å². The van der Waals surface area contributed by atoms with Crippen molar-refractivity contribution < 1.29 is 33.0 Å². The lowest BCUT2D eigenvalue weighted by Gasteiger charge is -2.08. The van der Waals surface area contributed by atoms with Gasteiger partial charge in [-0.15, -0.1) is 0 Å². The fraction of sp³-hybridized carbons (Fsp3) is 0.211. The number of halogens is 2. The number of carbonyl (C=O) groups is 2. The SMILES string of the molecule is C/C(=N\OCC(=O)OCC(=O)Nc1cc(Cl)ccc1F)c1ccc2c(c1)OCO2. The van der Waals surface area contributed by atoms with Crippen LogP contribution in [0.5, 0.6) is 11.5 Å². The zero-order valence-corrected chi connectivity index (χ0v) is 16.0. The van der Waals surface area contributed by atoms with Crippen molar-refractivity contribution in [2.24, 2.45) is 5.16 Å². The van der Waals surface area contributed by atoms with Crippen LogP contribution >= 0.6 is 11.6 Å². The van der Waals surface area contributed by atoms with Crippen LogP contribution in [0.3, 0.4) is 0 Å². The molecule has 1 amide bonds. The molecule has 2 aromatic carbocycles. The van der Waals surface area contributed by atoms with Gasteiger partial charge in [-0.1, -0.05) is 16.8 Å². The highest BCUT2D eigenvalue weighted by Gasteiger charge is 2.15. The summed E-state index contributed by atoms with van der Waals surface area (Å²) in [5.41, 5.74) is 1.12. The van der Waals surface area contributed by atoms with Crippen LogP contribution in [0.1, 0.15) is 12.5 Å². The lowest BCUT2D eigenvalue weighted by molar-refractivity contribution is -0.151. The van der Waals surface area contributed by atoms with E-state index in [0.29, 0.717) is 17.2 Å². The summed E-state index contributed by atoms with van der Waals surface area (Å²) < 4.78 is 28.8. The summed E-state index contributed by atoms with van der Waals surface area (Å²) in [4.78, 5) is 28.4. The van der Waals surface area contributed by atoms with Crippen molar-refractivity contribution in [3.05, 3.63) is 52.8 Å². The Bertz CT molecular complexity index is 966. The number of amides is 1. The van der Waals surface area contributed by atoms with E-state index >= 15 is 0 Å². The highest BCUT2D eigenvalue weighted by molar-refractivity contribution is 6.30. The number of ether oxygens (including phenoxy) is 3. The van der Waals surface area contributed by atoms with Crippen LogP contribution in [-0.2, 0) is 19.2 Å². The van der Waals surface area contributed by atoms with E-state index in [4.69, 9.17) is 30.6 Å². The number of rotatable bonds is 7. The monoisotopic (exact) mass is 422 g/mol. The Morgan fingerprint density at radius 2 is 1.97 bits per heavy atom. The molecule has 152 valence electrons. The number of nitrogens with one attached hydrogen (secondary N) is 1. The number of fused-ring (bicyclic) bond motifs is 1. The molecule has 1 aliphatic rings. The third kappa shape index (κ3) is 5.58. The molecule has 10 heteroatoms. The van der Waals surface area contributed by atoms with Gasteiger partial charge in [0.1, 0.15) is 5.82 Å². The van der Waals surface area contributed by atoms with Crippen LogP contribution in [0.25, 0.3) is 0 Å². The molecule has 8 nitrogen and oxygen atoms in total. The number of carbonyl (C=O) groups excluding carboxylic acids is 2. The Hall–Kier alpha value is -3.33. The predicted octanol–water partition coefficient (Wildman–Crippen LogP) is 3.13. The van der Waals surface area contributed by atoms with Gasteiger partial charge in [-0.05, 0) is 43.3 Å². The van der Waals surface area contributed by atoms with Crippen molar-refractivity contribution in [1.82, 2.24) is 0 Å². The molecule has 2 aromatic rings. The van der Waals surface area contributed by atoms with E-state index in [-0.39, 0.29) is 17.5 Å². The average Bonchev–Trinajstić information content (AvgIpc) is 3.17. The summed E-state index contributed by atoms with van der Waals surface area (Å²) in [6.45, 7) is 0.740. The number of anilines is 1. The quantitative estimate of drug-likeness (QED) is 0.418. The fourth-order valence-corrected chi connectivity index (χ4v) is 2.50. The van der Waals surface area contributed by atoms with Crippen molar-refractivity contribution in [1.29, 1.82) is 0 Å². The van der Waals surface area contributed by atoms with Gasteiger partial charge in [0, 0.05) is 10.6 Å². The van der Waals surface area contributed by atoms with Gasteiger partial charge in [-0.3, -0.25) is 4.79 Å². The molecule has 0 atom stereocenters.